The number of fused-ring (bicyclic) bond motifs is 2. The van der Waals surface area contributed by atoms with Crippen LogP contribution in [0, 0.1) is 6.92 Å². The summed E-state index contributed by atoms with van der Waals surface area (Å²) >= 11 is 0. The zero-order valence-electron chi connectivity index (χ0n) is 17.9. The molecule has 0 saturated heterocycles. The number of ketones is 1. The van der Waals surface area contributed by atoms with Crippen molar-refractivity contribution in [3.05, 3.63) is 52.1 Å². The second kappa shape index (κ2) is 8.01. The third-order valence-corrected chi connectivity index (χ3v) is 6.11. The van der Waals surface area contributed by atoms with Gasteiger partial charge in [-0.3, -0.25) is 9.59 Å². The summed E-state index contributed by atoms with van der Waals surface area (Å²) in [4.78, 5) is 27.1. The van der Waals surface area contributed by atoms with Crippen molar-refractivity contribution in [3.63, 3.8) is 0 Å². The zero-order valence-corrected chi connectivity index (χ0v) is 17.9. The van der Waals surface area contributed by atoms with Crippen LogP contribution >= 0.6 is 0 Å². The lowest BCUT2D eigenvalue weighted by atomic mass is 9.97. The molecule has 2 aromatic rings. The molecule has 6 nitrogen and oxygen atoms in total. The summed E-state index contributed by atoms with van der Waals surface area (Å²) in [6.45, 7) is 5.10. The molecular weight excluding hydrogens is 382 g/mol. The number of aryl methyl sites for hydroxylation is 1. The van der Waals surface area contributed by atoms with E-state index in [0.29, 0.717) is 42.3 Å². The van der Waals surface area contributed by atoms with Crippen molar-refractivity contribution >= 4 is 11.7 Å². The highest BCUT2D eigenvalue weighted by Gasteiger charge is 2.31. The topological polar surface area (TPSA) is 65.1 Å². The van der Waals surface area contributed by atoms with Gasteiger partial charge in [0.15, 0.2) is 23.9 Å². The number of hydrogen-bond donors (Lipinski definition) is 0. The molecule has 0 bridgehead atoms. The molecular formula is C24H27NO5. The summed E-state index contributed by atoms with van der Waals surface area (Å²) in [5.74, 6) is 2.07. The van der Waals surface area contributed by atoms with Crippen LogP contribution in [0.15, 0.2) is 24.3 Å². The van der Waals surface area contributed by atoms with E-state index in [1.807, 2.05) is 25.1 Å². The monoisotopic (exact) mass is 409 g/mol. The van der Waals surface area contributed by atoms with Crippen LogP contribution in [0.2, 0.25) is 0 Å². The minimum atomic E-state index is -0.0942. The standard InChI is InChI=1S/C24H27NO5/c1-14-5-6-19(24-18(26)9-15(2)23(14)24)30-13-22(27)25-8-7-16-10-20(28-3)21(29-4)11-17(16)12-25/h5-6,10-11,15H,7-9,12-13H2,1-4H3/t15-/m0/s1. The number of benzene rings is 2. The number of methoxy groups -OCH3 is 2. The van der Waals surface area contributed by atoms with E-state index < -0.39 is 0 Å². The first-order valence-corrected chi connectivity index (χ1v) is 10.2. The van der Waals surface area contributed by atoms with Crippen molar-refractivity contribution in [2.45, 2.75) is 39.2 Å². The third kappa shape index (κ3) is 3.51. The largest absolute Gasteiger partial charge is 0.493 e. The summed E-state index contributed by atoms with van der Waals surface area (Å²) < 4.78 is 16.6. The zero-order chi connectivity index (χ0) is 21.4. The van der Waals surface area contributed by atoms with Crippen LogP contribution in [-0.2, 0) is 17.8 Å². The molecule has 1 aliphatic heterocycles. The smallest absolute Gasteiger partial charge is 0.260 e. The van der Waals surface area contributed by atoms with Gasteiger partial charge in [-0.15, -0.1) is 0 Å². The quantitative estimate of drug-likeness (QED) is 0.754. The van der Waals surface area contributed by atoms with Gasteiger partial charge in [0.2, 0.25) is 0 Å². The maximum Gasteiger partial charge on any atom is 0.260 e. The van der Waals surface area contributed by atoms with Crippen LogP contribution in [-0.4, -0.2) is 44.0 Å². The molecule has 158 valence electrons. The molecule has 0 saturated carbocycles. The third-order valence-electron chi connectivity index (χ3n) is 6.11. The van der Waals surface area contributed by atoms with Gasteiger partial charge in [0.05, 0.1) is 19.8 Å². The number of rotatable bonds is 5. The van der Waals surface area contributed by atoms with Gasteiger partial charge in [0.1, 0.15) is 5.75 Å². The van der Waals surface area contributed by atoms with Crippen molar-refractivity contribution in [2.75, 3.05) is 27.4 Å². The summed E-state index contributed by atoms with van der Waals surface area (Å²) in [6, 6.07) is 7.68. The molecule has 1 heterocycles. The number of amides is 1. The summed E-state index contributed by atoms with van der Waals surface area (Å²) in [7, 11) is 3.22. The molecule has 4 rings (SSSR count). The van der Waals surface area contributed by atoms with Gasteiger partial charge in [0, 0.05) is 19.5 Å². The minimum Gasteiger partial charge on any atom is -0.493 e. The van der Waals surface area contributed by atoms with Gasteiger partial charge in [0.25, 0.3) is 5.91 Å². The number of ether oxygens (including phenoxy) is 3. The van der Waals surface area contributed by atoms with E-state index in [9.17, 15) is 9.59 Å². The van der Waals surface area contributed by atoms with Crippen molar-refractivity contribution in [3.8, 4) is 17.2 Å². The Balaban J connectivity index is 1.47. The lowest BCUT2D eigenvalue weighted by Gasteiger charge is -2.29. The fourth-order valence-electron chi connectivity index (χ4n) is 4.56. The average Bonchev–Trinajstić information content (AvgIpc) is 3.06. The Hall–Kier alpha value is -3.02. The Morgan fingerprint density at radius 2 is 1.80 bits per heavy atom. The van der Waals surface area contributed by atoms with Gasteiger partial charge in [-0.1, -0.05) is 13.0 Å². The number of Topliss-reactive ketones (excluding diaryl/α,β-unsaturated/α-hetero) is 1. The molecule has 0 spiro atoms. The Labute approximate surface area is 176 Å². The Morgan fingerprint density at radius 1 is 1.10 bits per heavy atom. The van der Waals surface area contributed by atoms with Crippen LogP contribution < -0.4 is 14.2 Å². The van der Waals surface area contributed by atoms with Crippen LogP contribution in [0.1, 0.15) is 51.9 Å². The molecule has 0 unspecified atom stereocenters. The second-order valence-corrected chi connectivity index (χ2v) is 8.03. The predicted octanol–water partition coefficient (Wildman–Crippen LogP) is 3.67. The van der Waals surface area contributed by atoms with Crippen molar-refractivity contribution < 1.29 is 23.8 Å². The lowest BCUT2D eigenvalue weighted by molar-refractivity contribution is -0.134. The highest BCUT2D eigenvalue weighted by molar-refractivity contribution is 6.04. The first-order chi connectivity index (χ1) is 14.4. The van der Waals surface area contributed by atoms with Crippen LogP contribution in [0.25, 0.3) is 0 Å². The lowest BCUT2D eigenvalue weighted by Crippen LogP contribution is -2.39. The fraction of sp³-hybridized carbons (Fsp3) is 0.417. The first-order valence-electron chi connectivity index (χ1n) is 10.2. The van der Waals surface area contributed by atoms with Gasteiger partial charge < -0.3 is 19.1 Å². The van der Waals surface area contributed by atoms with Crippen LogP contribution in [0.3, 0.4) is 0 Å². The maximum atomic E-state index is 12.8. The molecule has 1 aliphatic carbocycles. The van der Waals surface area contributed by atoms with Crippen molar-refractivity contribution in [1.82, 2.24) is 4.90 Å². The van der Waals surface area contributed by atoms with Gasteiger partial charge in [-0.2, -0.15) is 0 Å². The SMILES string of the molecule is COc1cc2c(cc1OC)CN(C(=O)COc1ccc(C)c3c1C(=O)C[C@@H]3C)CC2. The minimum absolute atomic E-state index is 0.0835. The van der Waals surface area contributed by atoms with Gasteiger partial charge in [-0.25, -0.2) is 0 Å². The Morgan fingerprint density at radius 3 is 2.50 bits per heavy atom. The van der Waals surface area contributed by atoms with Gasteiger partial charge in [-0.05, 0) is 59.7 Å². The van der Waals surface area contributed by atoms with Crippen molar-refractivity contribution in [1.29, 1.82) is 0 Å². The Kier molecular flexibility index (Phi) is 5.41. The van der Waals surface area contributed by atoms with Crippen molar-refractivity contribution in [2.24, 2.45) is 0 Å². The highest BCUT2D eigenvalue weighted by Crippen LogP contribution is 2.40. The molecule has 0 radical (unpaired) electrons. The van der Waals surface area contributed by atoms with Gasteiger partial charge >= 0.3 is 0 Å². The number of carbonyl (C=O) groups excluding carboxylic acids is 2. The number of carbonyl (C=O) groups is 2. The molecule has 1 amide bonds. The van der Waals surface area contributed by atoms with E-state index in [0.717, 1.165) is 28.7 Å². The molecule has 0 N–H and O–H groups in total. The molecule has 0 aromatic heterocycles. The summed E-state index contributed by atoms with van der Waals surface area (Å²) in [5.41, 5.74) is 5.01. The van der Waals surface area contributed by atoms with E-state index in [1.54, 1.807) is 25.2 Å². The average molecular weight is 409 g/mol. The normalized spacial score (nSPS) is 17.4. The number of nitrogens with zero attached hydrogens (tertiary/aromatic N) is 1. The maximum absolute atomic E-state index is 12.8. The summed E-state index contributed by atoms with van der Waals surface area (Å²) in [5, 5.41) is 0. The fourth-order valence-corrected chi connectivity index (χ4v) is 4.56. The Bertz CT molecular complexity index is 1010. The molecule has 1 atom stereocenters. The molecule has 6 heteroatoms. The number of hydrogen-bond acceptors (Lipinski definition) is 5. The van der Waals surface area contributed by atoms with E-state index in [1.165, 1.54) is 0 Å². The highest BCUT2D eigenvalue weighted by atomic mass is 16.5. The first kappa shape index (κ1) is 20.3. The molecule has 2 aliphatic rings. The van der Waals surface area contributed by atoms with E-state index in [-0.39, 0.29) is 24.2 Å². The molecule has 30 heavy (non-hydrogen) atoms. The van der Waals surface area contributed by atoms with E-state index in [2.05, 4.69) is 6.92 Å². The predicted molar refractivity (Wildman–Crippen MR) is 113 cm³/mol. The summed E-state index contributed by atoms with van der Waals surface area (Å²) in [6.07, 6.45) is 1.25. The second-order valence-electron chi connectivity index (χ2n) is 8.03. The molecule has 0 fully saturated rings. The molecule has 2 aromatic carbocycles. The van der Waals surface area contributed by atoms with E-state index in [4.69, 9.17) is 14.2 Å². The van der Waals surface area contributed by atoms with E-state index >= 15 is 0 Å². The van der Waals surface area contributed by atoms with Crippen LogP contribution in [0.4, 0.5) is 0 Å². The van der Waals surface area contributed by atoms with Crippen LogP contribution in [0.5, 0.6) is 17.2 Å².